The van der Waals surface area contributed by atoms with E-state index >= 15 is 0 Å². The minimum atomic E-state index is -0.859. The lowest BCUT2D eigenvalue weighted by molar-refractivity contribution is 0.0491. The molecule has 0 bridgehead atoms. The van der Waals surface area contributed by atoms with Crippen LogP contribution < -0.4 is 14.8 Å². The molecule has 1 aromatic heterocycles. The zero-order valence-electron chi connectivity index (χ0n) is 15.1. The van der Waals surface area contributed by atoms with Gasteiger partial charge in [-0.05, 0) is 32.9 Å². The van der Waals surface area contributed by atoms with Gasteiger partial charge in [0.2, 0.25) is 6.79 Å². The monoisotopic (exact) mass is 410 g/mol. The maximum atomic E-state index is 13.1. The highest BCUT2D eigenvalue weighted by Crippen LogP contribution is 2.40. The highest BCUT2D eigenvalue weighted by Gasteiger charge is 2.28. The summed E-state index contributed by atoms with van der Waals surface area (Å²) in [4.78, 5) is 29.5. The molecule has 144 valence electrons. The van der Waals surface area contributed by atoms with Crippen LogP contribution in [0.5, 0.6) is 11.5 Å². The van der Waals surface area contributed by atoms with Crippen LogP contribution in [0.2, 0.25) is 5.02 Å². The Kier molecular flexibility index (Phi) is 5.57. The molecule has 3 rings (SSSR count). The van der Waals surface area contributed by atoms with E-state index in [0.717, 1.165) is 5.01 Å². The third kappa shape index (κ3) is 4.90. The van der Waals surface area contributed by atoms with Gasteiger partial charge in [0.1, 0.15) is 11.6 Å². The third-order valence-electron chi connectivity index (χ3n) is 3.58. The quantitative estimate of drug-likeness (QED) is 0.753. The summed E-state index contributed by atoms with van der Waals surface area (Å²) in [5.41, 5.74) is -0.372. The molecule has 2 aromatic rings. The molecule has 1 aromatic carbocycles. The van der Waals surface area contributed by atoms with Gasteiger partial charge in [0.15, 0.2) is 17.3 Å². The Morgan fingerprint density at radius 1 is 1.37 bits per heavy atom. The highest BCUT2D eigenvalue weighted by molar-refractivity contribution is 7.09. The van der Waals surface area contributed by atoms with Crippen LogP contribution in [-0.4, -0.2) is 35.3 Å². The molecule has 1 aliphatic rings. The molecular weight excluding hydrogens is 392 g/mol. The third-order valence-corrected chi connectivity index (χ3v) is 4.66. The summed E-state index contributed by atoms with van der Waals surface area (Å²) in [6.45, 7) is 5.30. The zero-order chi connectivity index (χ0) is 19.6. The van der Waals surface area contributed by atoms with E-state index in [4.69, 9.17) is 25.8 Å². The maximum Gasteiger partial charge on any atom is 0.408 e. The number of rotatable bonds is 5. The smallest absolute Gasteiger partial charge is 0.408 e. The number of aromatic nitrogens is 1. The highest BCUT2D eigenvalue weighted by atomic mass is 35.5. The average molecular weight is 411 g/mol. The molecule has 0 saturated carbocycles. The molecule has 0 saturated heterocycles. The summed E-state index contributed by atoms with van der Waals surface area (Å²) in [6, 6.07) is 2.20. The van der Waals surface area contributed by atoms with Crippen LogP contribution in [0.3, 0.4) is 0 Å². The van der Waals surface area contributed by atoms with Crippen LogP contribution in [0.15, 0.2) is 23.7 Å². The van der Waals surface area contributed by atoms with Gasteiger partial charge in [-0.2, -0.15) is 0 Å². The number of alkyl carbamates (subject to hydrolysis) is 1. The van der Waals surface area contributed by atoms with Crippen molar-refractivity contribution in [2.24, 2.45) is 0 Å². The van der Waals surface area contributed by atoms with E-state index in [1.165, 1.54) is 17.4 Å². The van der Waals surface area contributed by atoms with Crippen molar-refractivity contribution in [3.8, 4) is 11.5 Å². The van der Waals surface area contributed by atoms with Crippen molar-refractivity contribution >= 4 is 34.8 Å². The number of benzene rings is 1. The van der Waals surface area contributed by atoms with E-state index in [0.29, 0.717) is 17.1 Å². The summed E-state index contributed by atoms with van der Waals surface area (Å²) in [5.74, 6) is 0.483. The average Bonchev–Trinajstić information content (AvgIpc) is 3.23. The Bertz CT molecular complexity index is 848. The van der Waals surface area contributed by atoms with Crippen LogP contribution in [0.25, 0.3) is 0 Å². The van der Waals surface area contributed by atoms with E-state index in [1.54, 1.807) is 33.0 Å². The van der Waals surface area contributed by atoms with Crippen molar-refractivity contribution in [2.45, 2.75) is 38.8 Å². The first-order valence-corrected chi connectivity index (χ1v) is 9.50. The van der Waals surface area contributed by atoms with Gasteiger partial charge >= 0.3 is 6.09 Å². The number of carbonyl (C=O) groups excluding carboxylic acids is 2. The zero-order valence-corrected chi connectivity index (χ0v) is 16.6. The number of thiazole rings is 1. The van der Waals surface area contributed by atoms with Crippen molar-refractivity contribution in [3.63, 3.8) is 0 Å². The van der Waals surface area contributed by atoms with E-state index in [1.807, 2.05) is 5.38 Å². The molecule has 0 spiro atoms. The number of ketones is 1. The van der Waals surface area contributed by atoms with Crippen LogP contribution in [0, 0.1) is 0 Å². The SMILES string of the molecule is CC(C)(C)OC(=O)NC(Cc1nccs1)C(=O)c1cc(Cl)c2c(c1)OCO2. The van der Waals surface area contributed by atoms with Gasteiger partial charge in [0.25, 0.3) is 0 Å². The molecule has 7 nitrogen and oxygen atoms in total. The molecular formula is C18H19ClN2O5S. The van der Waals surface area contributed by atoms with Gasteiger partial charge in [0.05, 0.1) is 10.0 Å². The normalized spacial score (nSPS) is 13.9. The van der Waals surface area contributed by atoms with E-state index in [-0.39, 0.29) is 24.0 Å². The summed E-state index contributed by atoms with van der Waals surface area (Å²) in [7, 11) is 0. The minimum Gasteiger partial charge on any atom is -0.454 e. The number of nitrogens with one attached hydrogen (secondary N) is 1. The summed E-state index contributed by atoms with van der Waals surface area (Å²) >= 11 is 7.58. The number of carbonyl (C=O) groups is 2. The van der Waals surface area contributed by atoms with Gasteiger partial charge < -0.3 is 19.5 Å². The van der Waals surface area contributed by atoms with E-state index in [9.17, 15) is 9.59 Å². The van der Waals surface area contributed by atoms with Crippen LogP contribution in [0.1, 0.15) is 36.1 Å². The second kappa shape index (κ2) is 7.74. The summed E-state index contributed by atoms with van der Waals surface area (Å²) < 4.78 is 15.9. The molecule has 27 heavy (non-hydrogen) atoms. The second-order valence-corrected chi connectivity index (χ2v) is 8.27. The Balaban J connectivity index is 1.84. The molecule has 2 heterocycles. The van der Waals surface area contributed by atoms with Crippen molar-refractivity contribution in [1.82, 2.24) is 10.3 Å². The van der Waals surface area contributed by atoms with Crippen molar-refractivity contribution in [3.05, 3.63) is 39.3 Å². The van der Waals surface area contributed by atoms with Crippen molar-refractivity contribution in [1.29, 1.82) is 0 Å². The molecule has 1 atom stereocenters. The van der Waals surface area contributed by atoms with Gasteiger partial charge in [-0.1, -0.05) is 11.6 Å². The predicted molar refractivity (Wildman–Crippen MR) is 101 cm³/mol. The molecule has 9 heteroatoms. The first kappa shape index (κ1) is 19.4. The van der Waals surface area contributed by atoms with Crippen molar-refractivity contribution in [2.75, 3.05) is 6.79 Å². The number of ether oxygens (including phenoxy) is 3. The number of hydrogen-bond donors (Lipinski definition) is 1. The number of fused-ring (bicyclic) bond motifs is 1. The lowest BCUT2D eigenvalue weighted by Gasteiger charge is -2.23. The molecule has 0 fully saturated rings. The summed E-state index contributed by atoms with van der Waals surface area (Å²) in [6.07, 6.45) is 1.21. The first-order chi connectivity index (χ1) is 12.7. The van der Waals surface area contributed by atoms with Gasteiger partial charge in [-0.3, -0.25) is 4.79 Å². The fraction of sp³-hybridized carbons (Fsp3) is 0.389. The maximum absolute atomic E-state index is 13.1. The predicted octanol–water partition coefficient (Wildman–Crippen LogP) is 3.84. The number of halogens is 1. The first-order valence-electron chi connectivity index (χ1n) is 8.24. The molecule has 1 aliphatic heterocycles. The number of Topliss-reactive ketones (excluding diaryl/α,β-unsaturated/α-hetero) is 1. The Morgan fingerprint density at radius 2 is 2.15 bits per heavy atom. The van der Waals surface area contributed by atoms with Crippen LogP contribution in [0.4, 0.5) is 4.79 Å². The standard InChI is InChI=1S/C18H19ClN2O5S/c1-18(2,3)26-17(23)21-12(8-14-20-4-5-27-14)15(22)10-6-11(19)16-13(7-10)24-9-25-16/h4-7,12H,8-9H2,1-3H3,(H,21,23). The fourth-order valence-electron chi connectivity index (χ4n) is 2.50. The lowest BCUT2D eigenvalue weighted by atomic mass is 10.0. The van der Waals surface area contributed by atoms with Crippen LogP contribution >= 0.6 is 22.9 Å². The lowest BCUT2D eigenvalue weighted by Crippen LogP contribution is -2.44. The van der Waals surface area contributed by atoms with Crippen molar-refractivity contribution < 1.29 is 23.8 Å². The van der Waals surface area contributed by atoms with Crippen LogP contribution in [-0.2, 0) is 11.2 Å². The molecule has 1 unspecified atom stereocenters. The topological polar surface area (TPSA) is 86.8 Å². The number of hydrogen-bond acceptors (Lipinski definition) is 7. The molecule has 0 aliphatic carbocycles. The number of nitrogens with zero attached hydrogens (tertiary/aromatic N) is 1. The van der Waals surface area contributed by atoms with Gasteiger partial charge in [-0.15, -0.1) is 11.3 Å². The Labute approximate surface area is 165 Å². The molecule has 1 N–H and O–H groups in total. The molecule has 0 radical (unpaired) electrons. The number of amides is 1. The molecule has 1 amide bonds. The Morgan fingerprint density at radius 3 is 2.81 bits per heavy atom. The van der Waals surface area contributed by atoms with E-state index in [2.05, 4.69) is 10.3 Å². The Hall–Kier alpha value is -2.32. The summed E-state index contributed by atoms with van der Waals surface area (Å²) in [5, 5.41) is 5.44. The fourth-order valence-corrected chi connectivity index (χ4v) is 3.43. The van der Waals surface area contributed by atoms with Gasteiger partial charge in [0, 0.05) is 23.6 Å². The van der Waals surface area contributed by atoms with Gasteiger partial charge in [-0.25, -0.2) is 9.78 Å². The largest absolute Gasteiger partial charge is 0.454 e. The van der Waals surface area contributed by atoms with E-state index < -0.39 is 17.7 Å². The second-order valence-electron chi connectivity index (χ2n) is 6.88. The minimum absolute atomic E-state index is 0.0470.